The molecule has 1 heterocycles. The van der Waals surface area contributed by atoms with E-state index in [-0.39, 0.29) is 26.3 Å². The van der Waals surface area contributed by atoms with Crippen LogP contribution in [0.3, 0.4) is 0 Å². The standard InChI is InChI=1S/C9H19N3O4S/c1-2-7(5-10)17(14,15)12-3-4-16-6-8(12)9(11)13/h7-8H,2-6,10H2,1H3,(H2,11,13). The molecule has 0 aromatic heterocycles. The molecule has 1 amide bonds. The normalized spacial score (nSPS) is 24.5. The zero-order chi connectivity index (χ0) is 13.1. The van der Waals surface area contributed by atoms with Crippen molar-refractivity contribution in [2.24, 2.45) is 11.5 Å². The molecule has 1 aliphatic rings. The lowest BCUT2D eigenvalue weighted by Crippen LogP contribution is -2.57. The second kappa shape index (κ2) is 5.76. The fourth-order valence-electron chi connectivity index (χ4n) is 1.81. The summed E-state index contributed by atoms with van der Waals surface area (Å²) in [6.45, 7) is 2.20. The van der Waals surface area contributed by atoms with Crippen LogP contribution >= 0.6 is 0 Å². The lowest BCUT2D eigenvalue weighted by molar-refractivity contribution is -0.125. The number of primary amides is 1. The number of carbonyl (C=O) groups excluding carboxylic acids is 1. The number of ether oxygens (including phenoxy) is 1. The van der Waals surface area contributed by atoms with Gasteiger partial charge in [0.25, 0.3) is 0 Å². The Morgan fingerprint density at radius 2 is 2.24 bits per heavy atom. The molecule has 7 nitrogen and oxygen atoms in total. The Labute approximate surface area is 101 Å². The van der Waals surface area contributed by atoms with Gasteiger partial charge in [-0.2, -0.15) is 4.31 Å². The molecule has 1 fully saturated rings. The summed E-state index contributed by atoms with van der Waals surface area (Å²) < 4.78 is 30.7. The van der Waals surface area contributed by atoms with Crippen LogP contribution in [0.1, 0.15) is 13.3 Å². The largest absolute Gasteiger partial charge is 0.378 e. The first-order chi connectivity index (χ1) is 7.95. The van der Waals surface area contributed by atoms with Gasteiger partial charge in [-0.3, -0.25) is 4.79 Å². The highest BCUT2D eigenvalue weighted by Gasteiger charge is 2.39. The van der Waals surface area contributed by atoms with Gasteiger partial charge in [0, 0.05) is 13.1 Å². The Balaban J connectivity index is 2.98. The van der Waals surface area contributed by atoms with Gasteiger partial charge >= 0.3 is 0 Å². The number of hydrogen-bond donors (Lipinski definition) is 2. The second-order valence-electron chi connectivity index (χ2n) is 3.91. The van der Waals surface area contributed by atoms with Crippen LogP contribution in [0.2, 0.25) is 0 Å². The Bertz CT molecular complexity index is 366. The summed E-state index contributed by atoms with van der Waals surface area (Å²) in [5.41, 5.74) is 10.6. The van der Waals surface area contributed by atoms with E-state index in [0.29, 0.717) is 6.42 Å². The zero-order valence-corrected chi connectivity index (χ0v) is 10.6. The summed E-state index contributed by atoms with van der Waals surface area (Å²) >= 11 is 0. The van der Waals surface area contributed by atoms with Gasteiger partial charge in [-0.05, 0) is 6.42 Å². The van der Waals surface area contributed by atoms with Crippen LogP contribution in [0.15, 0.2) is 0 Å². The number of hydrogen-bond acceptors (Lipinski definition) is 5. The average molecular weight is 265 g/mol. The third-order valence-corrected chi connectivity index (χ3v) is 5.33. The molecular formula is C9H19N3O4S. The summed E-state index contributed by atoms with van der Waals surface area (Å²) in [7, 11) is -3.59. The molecular weight excluding hydrogens is 246 g/mol. The van der Waals surface area contributed by atoms with Gasteiger partial charge in [-0.1, -0.05) is 6.92 Å². The van der Waals surface area contributed by atoms with E-state index < -0.39 is 27.2 Å². The maximum Gasteiger partial charge on any atom is 0.238 e. The van der Waals surface area contributed by atoms with Gasteiger partial charge in [0.1, 0.15) is 6.04 Å². The van der Waals surface area contributed by atoms with E-state index in [4.69, 9.17) is 16.2 Å². The Morgan fingerprint density at radius 3 is 2.71 bits per heavy atom. The van der Waals surface area contributed by atoms with Crippen molar-refractivity contribution in [3.05, 3.63) is 0 Å². The fourth-order valence-corrected chi connectivity index (χ4v) is 3.70. The molecule has 17 heavy (non-hydrogen) atoms. The number of nitrogens with two attached hydrogens (primary N) is 2. The molecule has 0 aromatic carbocycles. The number of amides is 1. The Kier molecular flexibility index (Phi) is 4.87. The van der Waals surface area contributed by atoms with Gasteiger partial charge in [0.05, 0.1) is 18.5 Å². The number of morpholine rings is 1. The minimum atomic E-state index is -3.59. The van der Waals surface area contributed by atoms with Crippen molar-refractivity contribution < 1.29 is 17.9 Å². The van der Waals surface area contributed by atoms with Crippen LogP contribution in [-0.2, 0) is 19.6 Å². The fraction of sp³-hybridized carbons (Fsp3) is 0.889. The van der Waals surface area contributed by atoms with E-state index in [9.17, 15) is 13.2 Å². The smallest absolute Gasteiger partial charge is 0.238 e. The first-order valence-electron chi connectivity index (χ1n) is 5.52. The zero-order valence-electron chi connectivity index (χ0n) is 9.83. The van der Waals surface area contributed by atoms with E-state index in [0.717, 1.165) is 4.31 Å². The van der Waals surface area contributed by atoms with Crippen molar-refractivity contribution in [3.8, 4) is 0 Å². The summed E-state index contributed by atoms with van der Waals surface area (Å²) in [5, 5.41) is -0.678. The number of sulfonamides is 1. The van der Waals surface area contributed by atoms with E-state index in [1.807, 2.05) is 0 Å². The maximum atomic E-state index is 12.2. The van der Waals surface area contributed by atoms with Gasteiger partial charge in [0.15, 0.2) is 0 Å². The lowest BCUT2D eigenvalue weighted by Gasteiger charge is -2.34. The maximum absolute atomic E-state index is 12.2. The van der Waals surface area contributed by atoms with E-state index in [2.05, 4.69) is 0 Å². The molecule has 4 N–H and O–H groups in total. The number of carbonyl (C=O) groups is 1. The predicted molar refractivity (Wildman–Crippen MR) is 62.6 cm³/mol. The third kappa shape index (κ3) is 2.95. The Hall–Kier alpha value is -0.700. The van der Waals surface area contributed by atoms with Crippen LogP contribution < -0.4 is 11.5 Å². The van der Waals surface area contributed by atoms with Crippen molar-refractivity contribution in [1.29, 1.82) is 0 Å². The summed E-state index contributed by atoms with van der Waals surface area (Å²) in [6.07, 6.45) is 0.404. The van der Waals surface area contributed by atoms with Crippen molar-refractivity contribution in [1.82, 2.24) is 4.31 Å². The van der Waals surface area contributed by atoms with E-state index in [1.165, 1.54) is 0 Å². The quantitative estimate of drug-likeness (QED) is 0.611. The van der Waals surface area contributed by atoms with E-state index in [1.54, 1.807) is 6.92 Å². The molecule has 1 aliphatic heterocycles. The highest BCUT2D eigenvalue weighted by atomic mass is 32.2. The van der Waals surface area contributed by atoms with Crippen molar-refractivity contribution in [3.63, 3.8) is 0 Å². The third-order valence-electron chi connectivity index (χ3n) is 2.87. The average Bonchev–Trinajstić information content (AvgIpc) is 2.30. The Morgan fingerprint density at radius 1 is 1.59 bits per heavy atom. The van der Waals surface area contributed by atoms with Gasteiger partial charge in [-0.25, -0.2) is 8.42 Å². The van der Waals surface area contributed by atoms with Crippen LogP contribution in [0, 0.1) is 0 Å². The van der Waals surface area contributed by atoms with Crippen LogP contribution in [0.5, 0.6) is 0 Å². The SMILES string of the molecule is CCC(CN)S(=O)(=O)N1CCOCC1C(N)=O. The molecule has 0 aromatic rings. The molecule has 0 spiro atoms. The molecule has 8 heteroatoms. The first-order valence-corrected chi connectivity index (χ1v) is 7.03. The van der Waals surface area contributed by atoms with Crippen LogP contribution in [0.4, 0.5) is 0 Å². The predicted octanol–water partition coefficient (Wildman–Crippen LogP) is -1.76. The molecule has 0 aliphatic carbocycles. The number of nitrogens with zero attached hydrogens (tertiary/aromatic N) is 1. The minimum Gasteiger partial charge on any atom is -0.378 e. The van der Waals surface area contributed by atoms with Crippen molar-refractivity contribution in [2.45, 2.75) is 24.6 Å². The molecule has 0 saturated carbocycles. The van der Waals surface area contributed by atoms with Crippen LogP contribution in [-0.4, -0.2) is 56.2 Å². The monoisotopic (exact) mass is 265 g/mol. The van der Waals surface area contributed by atoms with Crippen molar-refractivity contribution in [2.75, 3.05) is 26.3 Å². The van der Waals surface area contributed by atoms with Crippen LogP contribution in [0.25, 0.3) is 0 Å². The van der Waals surface area contributed by atoms with E-state index >= 15 is 0 Å². The molecule has 1 saturated heterocycles. The molecule has 2 atom stereocenters. The highest BCUT2D eigenvalue weighted by molar-refractivity contribution is 7.89. The molecule has 0 radical (unpaired) electrons. The lowest BCUT2D eigenvalue weighted by atomic mass is 10.3. The second-order valence-corrected chi connectivity index (χ2v) is 6.08. The van der Waals surface area contributed by atoms with Gasteiger partial charge in [-0.15, -0.1) is 0 Å². The number of rotatable bonds is 5. The minimum absolute atomic E-state index is 0.00949. The molecule has 2 unspecified atom stereocenters. The summed E-state index contributed by atoms with van der Waals surface area (Å²) in [4.78, 5) is 11.2. The summed E-state index contributed by atoms with van der Waals surface area (Å²) in [6, 6.07) is -0.922. The molecule has 0 bridgehead atoms. The first kappa shape index (κ1) is 14.4. The van der Waals surface area contributed by atoms with Gasteiger partial charge < -0.3 is 16.2 Å². The topological polar surface area (TPSA) is 116 Å². The van der Waals surface area contributed by atoms with Gasteiger partial charge in [0.2, 0.25) is 15.9 Å². The van der Waals surface area contributed by atoms with Crippen molar-refractivity contribution >= 4 is 15.9 Å². The molecule has 100 valence electrons. The summed E-state index contributed by atoms with van der Waals surface area (Å²) in [5.74, 6) is -0.694. The molecule has 1 rings (SSSR count). The highest BCUT2D eigenvalue weighted by Crippen LogP contribution is 2.18.